The maximum absolute atomic E-state index is 5.76. The molecule has 3 heteroatoms. The molecule has 0 aromatic heterocycles. The van der Waals surface area contributed by atoms with E-state index in [0.29, 0.717) is 19.3 Å². The van der Waals surface area contributed by atoms with E-state index in [1.54, 1.807) is 0 Å². The van der Waals surface area contributed by atoms with E-state index >= 15 is 0 Å². The molecule has 21 heavy (non-hydrogen) atoms. The van der Waals surface area contributed by atoms with Crippen molar-refractivity contribution in [3.8, 4) is 0 Å². The number of ether oxygens (including phenoxy) is 2. The first-order valence-corrected chi connectivity index (χ1v) is 7.84. The maximum Gasteiger partial charge on any atom is 0.162 e. The molecule has 0 amide bonds. The highest BCUT2D eigenvalue weighted by molar-refractivity contribution is 5.19. The monoisotopic (exact) mass is 291 g/mol. The third kappa shape index (κ3) is 5.42. The second kappa shape index (κ2) is 6.47. The van der Waals surface area contributed by atoms with E-state index in [9.17, 15) is 0 Å². The summed E-state index contributed by atoms with van der Waals surface area (Å²) in [5, 5.41) is 3.72. The fourth-order valence-corrected chi connectivity index (χ4v) is 2.64. The standard InChI is InChI=1S/C18H29NO2/c1-17(2,3)11-16(14-9-7-6-8-10-14)19-15-12-20-18(4,5)21-13-15/h6-10,15-16,19H,11-13H2,1-5H3. The molecule has 1 atom stereocenters. The second-order valence-electron chi connectivity index (χ2n) is 7.61. The van der Waals surface area contributed by atoms with Crippen molar-refractivity contribution in [3.63, 3.8) is 0 Å². The Labute approximate surface area is 129 Å². The van der Waals surface area contributed by atoms with Gasteiger partial charge in [-0.3, -0.25) is 0 Å². The average Bonchev–Trinajstić information content (AvgIpc) is 2.40. The number of nitrogens with one attached hydrogen (secondary N) is 1. The fourth-order valence-electron chi connectivity index (χ4n) is 2.64. The molecular weight excluding hydrogens is 262 g/mol. The van der Waals surface area contributed by atoms with Crippen molar-refractivity contribution in [2.24, 2.45) is 5.41 Å². The molecular formula is C18H29NO2. The van der Waals surface area contributed by atoms with E-state index < -0.39 is 5.79 Å². The van der Waals surface area contributed by atoms with Gasteiger partial charge < -0.3 is 14.8 Å². The second-order valence-corrected chi connectivity index (χ2v) is 7.61. The molecule has 1 unspecified atom stereocenters. The molecule has 0 spiro atoms. The molecule has 1 heterocycles. The zero-order chi connectivity index (χ0) is 15.5. The molecule has 1 saturated heterocycles. The lowest BCUT2D eigenvalue weighted by molar-refractivity contribution is -0.253. The predicted octanol–water partition coefficient (Wildman–Crippen LogP) is 3.91. The lowest BCUT2D eigenvalue weighted by atomic mass is 9.85. The van der Waals surface area contributed by atoms with E-state index in [0.717, 1.165) is 6.42 Å². The molecule has 1 N–H and O–H groups in total. The van der Waals surface area contributed by atoms with Gasteiger partial charge in [-0.25, -0.2) is 0 Å². The Morgan fingerprint density at radius 1 is 1.14 bits per heavy atom. The highest BCUT2D eigenvalue weighted by atomic mass is 16.7. The fraction of sp³-hybridized carbons (Fsp3) is 0.667. The van der Waals surface area contributed by atoms with E-state index in [-0.39, 0.29) is 11.5 Å². The minimum Gasteiger partial charge on any atom is -0.349 e. The van der Waals surface area contributed by atoms with Crippen LogP contribution in [0.2, 0.25) is 0 Å². The molecule has 1 aliphatic rings. The Morgan fingerprint density at radius 2 is 1.71 bits per heavy atom. The van der Waals surface area contributed by atoms with Crippen LogP contribution in [-0.2, 0) is 9.47 Å². The summed E-state index contributed by atoms with van der Waals surface area (Å²) in [6, 6.07) is 11.2. The summed E-state index contributed by atoms with van der Waals surface area (Å²) in [5.74, 6) is -0.454. The van der Waals surface area contributed by atoms with Gasteiger partial charge in [0.15, 0.2) is 5.79 Å². The van der Waals surface area contributed by atoms with Crippen LogP contribution in [0.1, 0.15) is 52.6 Å². The minimum atomic E-state index is -0.454. The van der Waals surface area contributed by atoms with Crippen molar-refractivity contribution in [3.05, 3.63) is 35.9 Å². The number of benzene rings is 1. The molecule has 1 aliphatic heterocycles. The van der Waals surface area contributed by atoms with Gasteiger partial charge in [0.1, 0.15) is 0 Å². The normalized spacial score (nSPS) is 21.2. The first-order chi connectivity index (χ1) is 9.75. The van der Waals surface area contributed by atoms with Crippen LogP contribution < -0.4 is 5.32 Å². The van der Waals surface area contributed by atoms with E-state index in [4.69, 9.17) is 9.47 Å². The molecule has 1 aromatic carbocycles. The largest absolute Gasteiger partial charge is 0.349 e. The molecule has 0 aliphatic carbocycles. The molecule has 1 fully saturated rings. The lowest BCUT2D eigenvalue weighted by Crippen LogP contribution is -2.49. The highest BCUT2D eigenvalue weighted by Crippen LogP contribution is 2.30. The molecule has 2 rings (SSSR count). The summed E-state index contributed by atoms with van der Waals surface area (Å²) in [5.41, 5.74) is 1.60. The Kier molecular flexibility index (Phi) is 5.07. The summed E-state index contributed by atoms with van der Waals surface area (Å²) in [7, 11) is 0. The summed E-state index contributed by atoms with van der Waals surface area (Å²) in [4.78, 5) is 0. The van der Waals surface area contributed by atoms with Crippen molar-refractivity contribution >= 4 is 0 Å². The van der Waals surface area contributed by atoms with Crippen LogP contribution >= 0.6 is 0 Å². The molecule has 118 valence electrons. The van der Waals surface area contributed by atoms with E-state index in [1.807, 2.05) is 13.8 Å². The molecule has 0 saturated carbocycles. The van der Waals surface area contributed by atoms with Crippen molar-refractivity contribution < 1.29 is 9.47 Å². The Hall–Kier alpha value is -0.900. The van der Waals surface area contributed by atoms with Gasteiger partial charge in [-0.15, -0.1) is 0 Å². The van der Waals surface area contributed by atoms with Crippen LogP contribution in [-0.4, -0.2) is 25.0 Å². The van der Waals surface area contributed by atoms with Crippen LogP contribution in [0.25, 0.3) is 0 Å². The van der Waals surface area contributed by atoms with Gasteiger partial charge in [-0.2, -0.15) is 0 Å². The van der Waals surface area contributed by atoms with Crippen LogP contribution in [0.15, 0.2) is 30.3 Å². The zero-order valence-electron chi connectivity index (χ0n) is 14.0. The van der Waals surface area contributed by atoms with Gasteiger partial charge in [0, 0.05) is 6.04 Å². The number of rotatable bonds is 4. The highest BCUT2D eigenvalue weighted by Gasteiger charge is 2.30. The third-order valence-corrected chi connectivity index (χ3v) is 3.72. The van der Waals surface area contributed by atoms with Crippen molar-refractivity contribution in [1.29, 1.82) is 0 Å². The van der Waals surface area contributed by atoms with Crippen LogP contribution in [0.3, 0.4) is 0 Å². The summed E-state index contributed by atoms with van der Waals surface area (Å²) in [6.07, 6.45) is 1.08. The van der Waals surface area contributed by atoms with Crippen LogP contribution in [0.4, 0.5) is 0 Å². The lowest BCUT2D eigenvalue weighted by Gasteiger charge is -2.38. The Bertz CT molecular complexity index is 426. The topological polar surface area (TPSA) is 30.5 Å². The van der Waals surface area contributed by atoms with E-state index in [1.165, 1.54) is 5.56 Å². The summed E-state index contributed by atoms with van der Waals surface area (Å²) >= 11 is 0. The summed E-state index contributed by atoms with van der Waals surface area (Å²) < 4.78 is 11.5. The average molecular weight is 291 g/mol. The van der Waals surface area contributed by atoms with Gasteiger partial charge in [0.05, 0.1) is 19.3 Å². The molecule has 1 aromatic rings. The van der Waals surface area contributed by atoms with Gasteiger partial charge in [-0.05, 0) is 31.2 Å². The molecule has 0 radical (unpaired) electrons. The zero-order valence-corrected chi connectivity index (χ0v) is 14.0. The first kappa shape index (κ1) is 16.5. The van der Waals surface area contributed by atoms with Gasteiger partial charge in [0.2, 0.25) is 0 Å². The van der Waals surface area contributed by atoms with Gasteiger partial charge in [-0.1, -0.05) is 51.1 Å². The first-order valence-electron chi connectivity index (χ1n) is 7.84. The van der Waals surface area contributed by atoms with Crippen LogP contribution in [0.5, 0.6) is 0 Å². The van der Waals surface area contributed by atoms with Crippen molar-refractivity contribution in [2.75, 3.05) is 13.2 Å². The number of hydrogen-bond donors (Lipinski definition) is 1. The van der Waals surface area contributed by atoms with Gasteiger partial charge in [0.25, 0.3) is 0 Å². The van der Waals surface area contributed by atoms with Gasteiger partial charge >= 0.3 is 0 Å². The SMILES string of the molecule is CC(C)(C)CC(NC1COC(C)(C)OC1)c1ccccc1. The quantitative estimate of drug-likeness (QED) is 0.912. The van der Waals surface area contributed by atoms with Crippen molar-refractivity contribution in [2.45, 2.75) is 58.9 Å². The number of hydrogen-bond acceptors (Lipinski definition) is 3. The summed E-state index contributed by atoms with van der Waals surface area (Å²) in [6.45, 7) is 12.2. The van der Waals surface area contributed by atoms with Crippen LogP contribution in [0, 0.1) is 5.41 Å². The van der Waals surface area contributed by atoms with Crippen molar-refractivity contribution in [1.82, 2.24) is 5.32 Å². The minimum absolute atomic E-state index is 0.241. The predicted molar refractivity (Wildman–Crippen MR) is 86.2 cm³/mol. The smallest absolute Gasteiger partial charge is 0.162 e. The molecule has 0 bridgehead atoms. The molecule has 3 nitrogen and oxygen atoms in total. The Morgan fingerprint density at radius 3 is 2.24 bits per heavy atom. The third-order valence-electron chi connectivity index (χ3n) is 3.72. The van der Waals surface area contributed by atoms with E-state index in [2.05, 4.69) is 56.4 Å². The maximum atomic E-state index is 5.76. The Balaban J connectivity index is 2.03.